The fraction of sp³-hybridized carbons (Fsp3) is 0.308. The van der Waals surface area contributed by atoms with Crippen LogP contribution in [0.15, 0.2) is 35.4 Å². The minimum Gasteiger partial charge on any atom is -0.277 e. The molecule has 0 atom stereocenters. The summed E-state index contributed by atoms with van der Waals surface area (Å²) < 4.78 is 0. The Bertz CT molecular complexity index is 445. The highest BCUT2D eigenvalue weighted by Crippen LogP contribution is 2.22. The molecule has 0 unspecified atom stereocenters. The third-order valence-electron chi connectivity index (χ3n) is 2.57. The Labute approximate surface area is 100 Å². The van der Waals surface area contributed by atoms with Gasteiger partial charge in [0.15, 0.2) is 0 Å². The monoisotopic (exact) mass is 232 g/mol. The summed E-state index contributed by atoms with van der Waals surface area (Å²) in [5.41, 5.74) is 3.69. The lowest BCUT2D eigenvalue weighted by Gasteiger charge is -2.00. The van der Waals surface area contributed by atoms with Crippen LogP contribution < -0.4 is 0 Å². The first-order valence-corrected chi connectivity index (χ1v) is 6.74. The van der Waals surface area contributed by atoms with Crippen molar-refractivity contribution in [1.82, 2.24) is 10.2 Å². The maximum Gasteiger partial charge on any atom is 0.118 e. The number of hydrogen-bond acceptors (Lipinski definition) is 2. The Balaban J connectivity index is 2.20. The molecule has 1 aromatic heterocycles. The first-order valence-electron chi connectivity index (χ1n) is 5.52. The van der Waals surface area contributed by atoms with E-state index in [0.29, 0.717) is 0 Å². The van der Waals surface area contributed by atoms with Gasteiger partial charge in [0.05, 0.1) is 5.69 Å². The van der Waals surface area contributed by atoms with Gasteiger partial charge < -0.3 is 0 Å². The van der Waals surface area contributed by atoms with Gasteiger partial charge in [0.25, 0.3) is 0 Å². The summed E-state index contributed by atoms with van der Waals surface area (Å²) in [4.78, 5) is 0. The smallest absolute Gasteiger partial charge is 0.118 e. The van der Waals surface area contributed by atoms with Gasteiger partial charge in [-0.2, -0.15) is 5.10 Å². The van der Waals surface area contributed by atoms with E-state index >= 15 is 0 Å². The number of aromatic amines is 1. The van der Waals surface area contributed by atoms with Gasteiger partial charge in [-0.05, 0) is 29.9 Å². The highest BCUT2D eigenvalue weighted by Gasteiger charge is 2.02. The number of thioether (sulfide) groups is 1. The van der Waals surface area contributed by atoms with Crippen molar-refractivity contribution in [2.45, 2.75) is 24.8 Å². The molecule has 1 aromatic carbocycles. The summed E-state index contributed by atoms with van der Waals surface area (Å²) in [6, 6.07) is 10.8. The number of aryl methyl sites for hydroxylation is 1. The van der Waals surface area contributed by atoms with Crippen molar-refractivity contribution >= 4 is 11.8 Å². The molecule has 1 heterocycles. The highest BCUT2D eigenvalue weighted by molar-refractivity contribution is 7.98. The van der Waals surface area contributed by atoms with E-state index in [-0.39, 0.29) is 0 Å². The second kappa shape index (κ2) is 5.21. The summed E-state index contributed by atoms with van der Waals surface area (Å²) >= 11 is 1.65. The van der Waals surface area contributed by atoms with Gasteiger partial charge in [-0.25, -0.2) is 0 Å². The molecule has 0 aliphatic rings. The number of nitrogens with zero attached hydrogens (tertiary/aromatic N) is 1. The van der Waals surface area contributed by atoms with E-state index in [1.54, 1.807) is 11.8 Å². The van der Waals surface area contributed by atoms with Crippen molar-refractivity contribution < 1.29 is 0 Å². The zero-order valence-corrected chi connectivity index (χ0v) is 10.5. The van der Waals surface area contributed by atoms with Crippen LogP contribution in [-0.4, -0.2) is 16.5 Å². The first kappa shape index (κ1) is 11.3. The quantitative estimate of drug-likeness (QED) is 0.813. The summed E-state index contributed by atoms with van der Waals surface area (Å²) in [5, 5.41) is 8.30. The Morgan fingerprint density at radius 2 is 2.00 bits per heavy atom. The summed E-state index contributed by atoms with van der Waals surface area (Å²) in [7, 11) is 0. The molecule has 0 amide bonds. The molecular weight excluding hydrogens is 216 g/mol. The topological polar surface area (TPSA) is 28.7 Å². The van der Waals surface area contributed by atoms with Crippen molar-refractivity contribution in [3.05, 3.63) is 35.9 Å². The van der Waals surface area contributed by atoms with Crippen LogP contribution >= 0.6 is 11.8 Å². The van der Waals surface area contributed by atoms with Crippen LogP contribution in [0.2, 0.25) is 0 Å². The number of hydrogen-bond donors (Lipinski definition) is 1. The van der Waals surface area contributed by atoms with Crippen molar-refractivity contribution in [1.29, 1.82) is 0 Å². The van der Waals surface area contributed by atoms with Gasteiger partial charge in [-0.15, -0.1) is 11.8 Å². The predicted molar refractivity (Wildman–Crippen MR) is 69.8 cm³/mol. The molecule has 0 spiro atoms. The zero-order chi connectivity index (χ0) is 11.4. The van der Waals surface area contributed by atoms with E-state index in [1.165, 1.54) is 17.5 Å². The van der Waals surface area contributed by atoms with Crippen LogP contribution in [0.4, 0.5) is 0 Å². The molecule has 2 aromatic rings. The average molecular weight is 232 g/mol. The highest BCUT2D eigenvalue weighted by atomic mass is 32.2. The fourth-order valence-electron chi connectivity index (χ4n) is 1.70. The lowest BCUT2D eigenvalue weighted by molar-refractivity contribution is 0.922. The first-order chi connectivity index (χ1) is 7.83. The molecular formula is C13H16N2S. The van der Waals surface area contributed by atoms with Gasteiger partial charge in [-0.3, -0.25) is 5.10 Å². The zero-order valence-electron chi connectivity index (χ0n) is 9.66. The van der Waals surface area contributed by atoms with Crippen LogP contribution in [0, 0.1) is 0 Å². The number of benzene rings is 1. The maximum atomic E-state index is 4.21. The van der Waals surface area contributed by atoms with Crippen LogP contribution in [0.3, 0.4) is 0 Å². The third-order valence-corrected chi connectivity index (χ3v) is 3.19. The number of rotatable bonds is 4. The van der Waals surface area contributed by atoms with Crippen molar-refractivity contribution in [3.8, 4) is 11.3 Å². The normalized spacial score (nSPS) is 10.6. The lowest BCUT2D eigenvalue weighted by atomic mass is 10.1. The van der Waals surface area contributed by atoms with Crippen LogP contribution in [0.25, 0.3) is 11.3 Å². The molecule has 3 heteroatoms. The molecule has 16 heavy (non-hydrogen) atoms. The largest absolute Gasteiger partial charge is 0.277 e. The van der Waals surface area contributed by atoms with E-state index in [9.17, 15) is 0 Å². The number of aromatic nitrogens is 2. The Morgan fingerprint density at radius 1 is 1.25 bits per heavy atom. The second-order valence-corrected chi connectivity index (χ2v) is 4.60. The molecule has 0 bridgehead atoms. The second-order valence-electron chi connectivity index (χ2n) is 3.77. The van der Waals surface area contributed by atoms with Gasteiger partial charge in [0.2, 0.25) is 0 Å². The molecule has 84 valence electrons. The number of nitrogens with one attached hydrogen (secondary N) is 1. The molecule has 0 saturated heterocycles. The summed E-state index contributed by atoms with van der Waals surface area (Å²) in [5.74, 6) is 0. The molecule has 0 fully saturated rings. The molecule has 0 aliphatic carbocycles. The van der Waals surface area contributed by atoms with E-state index in [0.717, 1.165) is 17.1 Å². The molecule has 0 saturated carbocycles. The average Bonchev–Trinajstić information content (AvgIpc) is 2.79. The summed E-state index contributed by atoms with van der Waals surface area (Å²) in [6.07, 6.45) is 4.38. The lowest BCUT2D eigenvalue weighted by Crippen LogP contribution is -1.83. The SMILES string of the molecule is CCCc1ccc(-c2cc(SC)n[nH]2)cc1. The van der Waals surface area contributed by atoms with Crippen LogP contribution in [-0.2, 0) is 6.42 Å². The molecule has 2 rings (SSSR count). The number of H-pyrrole nitrogens is 1. The minimum atomic E-state index is 1.03. The van der Waals surface area contributed by atoms with E-state index in [4.69, 9.17) is 0 Å². The summed E-state index contributed by atoms with van der Waals surface area (Å²) in [6.45, 7) is 2.20. The van der Waals surface area contributed by atoms with Crippen molar-refractivity contribution in [3.63, 3.8) is 0 Å². The van der Waals surface area contributed by atoms with Crippen molar-refractivity contribution in [2.24, 2.45) is 0 Å². The fourth-order valence-corrected chi connectivity index (χ4v) is 2.07. The van der Waals surface area contributed by atoms with Gasteiger partial charge in [0, 0.05) is 0 Å². The van der Waals surface area contributed by atoms with Gasteiger partial charge in [0.1, 0.15) is 5.03 Å². The standard InChI is InChI=1S/C13H16N2S/c1-3-4-10-5-7-11(8-6-10)12-9-13(16-2)15-14-12/h5-9H,3-4H2,1-2H3,(H,14,15). The Kier molecular flexibility index (Phi) is 3.67. The molecule has 0 aliphatic heterocycles. The maximum absolute atomic E-state index is 4.21. The van der Waals surface area contributed by atoms with Crippen molar-refractivity contribution in [2.75, 3.05) is 6.26 Å². The predicted octanol–water partition coefficient (Wildman–Crippen LogP) is 3.75. The van der Waals surface area contributed by atoms with E-state index < -0.39 is 0 Å². The Morgan fingerprint density at radius 3 is 2.56 bits per heavy atom. The minimum absolute atomic E-state index is 1.03. The molecule has 1 N–H and O–H groups in total. The van der Waals surface area contributed by atoms with Gasteiger partial charge in [-0.1, -0.05) is 37.6 Å². The van der Waals surface area contributed by atoms with Gasteiger partial charge >= 0.3 is 0 Å². The van der Waals surface area contributed by atoms with E-state index in [2.05, 4.69) is 47.5 Å². The molecule has 2 nitrogen and oxygen atoms in total. The van der Waals surface area contributed by atoms with Crippen LogP contribution in [0.5, 0.6) is 0 Å². The van der Waals surface area contributed by atoms with Crippen LogP contribution in [0.1, 0.15) is 18.9 Å². The Hall–Kier alpha value is -1.22. The van der Waals surface area contributed by atoms with E-state index in [1.807, 2.05) is 6.26 Å². The third kappa shape index (κ3) is 2.47. The molecule has 0 radical (unpaired) electrons.